The summed E-state index contributed by atoms with van der Waals surface area (Å²) in [5.74, 6) is 0.367. The fourth-order valence-electron chi connectivity index (χ4n) is 2.33. The summed E-state index contributed by atoms with van der Waals surface area (Å²) in [5.41, 5.74) is -1.09. The number of carboxylic acids is 1. The fourth-order valence-corrected chi connectivity index (χ4v) is 2.33. The number of hydrogen-bond donors (Lipinski definition) is 1. The van der Waals surface area contributed by atoms with Crippen molar-refractivity contribution in [2.75, 3.05) is 0 Å². The largest absolute Gasteiger partial charge is 0.479 e. The van der Waals surface area contributed by atoms with Gasteiger partial charge in [-0.1, -0.05) is 25.7 Å². The molecule has 1 fully saturated rings. The Morgan fingerprint density at radius 1 is 1.47 bits per heavy atom. The first-order chi connectivity index (χ1) is 8.01. The normalized spacial score (nSPS) is 17.5. The van der Waals surface area contributed by atoms with Gasteiger partial charge in [-0.25, -0.2) is 9.48 Å². The first-order valence-electron chi connectivity index (χ1n) is 6.03. The van der Waals surface area contributed by atoms with Crippen LogP contribution in [0.1, 0.15) is 45.4 Å². The number of aromatic nitrogens is 4. The van der Waals surface area contributed by atoms with E-state index in [1.54, 1.807) is 13.8 Å². The van der Waals surface area contributed by atoms with Gasteiger partial charge in [-0.2, -0.15) is 0 Å². The molecule has 1 N–H and O–H groups in total. The Balaban J connectivity index is 2.19. The predicted molar refractivity (Wildman–Crippen MR) is 60.4 cm³/mol. The molecule has 1 aromatic rings. The molecule has 0 atom stereocenters. The van der Waals surface area contributed by atoms with Gasteiger partial charge in [0, 0.05) is 6.42 Å². The quantitative estimate of drug-likeness (QED) is 0.853. The highest BCUT2D eigenvalue weighted by Gasteiger charge is 2.34. The molecule has 1 aliphatic carbocycles. The summed E-state index contributed by atoms with van der Waals surface area (Å²) >= 11 is 0. The van der Waals surface area contributed by atoms with Gasteiger partial charge in [-0.3, -0.25) is 0 Å². The van der Waals surface area contributed by atoms with E-state index in [2.05, 4.69) is 15.5 Å². The number of hydrogen-bond acceptors (Lipinski definition) is 4. The van der Waals surface area contributed by atoms with Crippen molar-refractivity contribution in [2.45, 2.75) is 51.5 Å². The molecule has 0 spiro atoms. The third kappa shape index (κ3) is 2.30. The van der Waals surface area contributed by atoms with Crippen LogP contribution < -0.4 is 0 Å². The summed E-state index contributed by atoms with van der Waals surface area (Å²) in [6.45, 7) is 3.23. The molecule has 1 aliphatic rings. The number of carboxylic acid groups (broad SMARTS) is 1. The molecular formula is C11H18N4O2. The molecule has 17 heavy (non-hydrogen) atoms. The molecule has 0 aromatic carbocycles. The van der Waals surface area contributed by atoms with E-state index in [4.69, 9.17) is 0 Å². The molecule has 0 radical (unpaired) electrons. The lowest BCUT2D eigenvalue weighted by Crippen LogP contribution is -2.38. The lowest BCUT2D eigenvalue weighted by Gasteiger charge is -2.21. The van der Waals surface area contributed by atoms with Crippen LogP contribution in [0.25, 0.3) is 0 Å². The van der Waals surface area contributed by atoms with Crippen LogP contribution in [-0.4, -0.2) is 31.3 Å². The van der Waals surface area contributed by atoms with Gasteiger partial charge in [-0.05, 0) is 30.2 Å². The molecule has 0 aliphatic heterocycles. The first kappa shape index (κ1) is 12.0. The summed E-state index contributed by atoms with van der Waals surface area (Å²) in [6, 6.07) is 0. The van der Waals surface area contributed by atoms with Gasteiger partial charge in [0.1, 0.15) is 0 Å². The molecule has 0 unspecified atom stereocenters. The summed E-state index contributed by atoms with van der Waals surface area (Å²) in [6.07, 6.45) is 5.69. The van der Waals surface area contributed by atoms with E-state index in [-0.39, 0.29) is 0 Å². The second kappa shape index (κ2) is 4.43. The van der Waals surface area contributed by atoms with E-state index in [0.717, 1.165) is 6.42 Å². The third-order valence-electron chi connectivity index (χ3n) is 3.53. The summed E-state index contributed by atoms with van der Waals surface area (Å²) in [4.78, 5) is 11.2. The molecule has 1 aromatic heterocycles. The molecule has 94 valence electrons. The van der Waals surface area contributed by atoms with Gasteiger partial charge in [0.2, 0.25) is 0 Å². The van der Waals surface area contributed by atoms with Crippen LogP contribution in [0.5, 0.6) is 0 Å². The van der Waals surface area contributed by atoms with Gasteiger partial charge in [0.15, 0.2) is 11.4 Å². The minimum Gasteiger partial charge on any atom is -0.479 e. The molecule has 0 amide bonds. The maximum atomic E-state index is 11.2. The van der Waals surface area contributed by atoms with Crippen molar-refractivity contribution < 1.29 is 9.90 Å². The maximum Gasteiger partial charge on any atom is 0.331 e. The molecule has 0 bridgehead atoms. The molecule has 6 nitrogen and oxygen atoms in total. The Morgan fingerprint density at radius 2 is 2.12 bits per heavy atom. The number of nitrogens with zero attached hydrogens (tertiary/aromatic N) is 4. The lowest BCUT2D eigenvalue weighted by molar-refractivity contribution is -0.146. The van der Waals surface area contributed by atoms with Crippen LogP contribution >= 0.6 is 0 Å². The van der Waals surface area contributed by atoms with Crippen molar-refractivity contribution in [1.82, 2.24) is 20.2 Å². The van der Waals surface area contributed by atoms with Crippen LogP contribution in [0.3, 0.4) is 0 Å². The molecule has 1 saturated carbocycles. The molecular weight excluding hydrogens is 220 g/mol. The van der Waals surface area contributed by atoms with Crippen molar-refractivity contribution in [2.24, 2.45) is 5.92 Å². The zero-order valence-electron chi connectivity index (χ0n) is 10.3. The molecule has 0 saturated heterocycles. The zero-order chi connectivity index (χ0) is 12.5. The Bertz CT molecular complexity index is 407. The number of tetrazole rings is 1. The van der Waals surface area contributed by atoms with Gasteiger partial charge < -0.3 is 5.11 Å². The Labute approximate surface area is 100 Å². The predicted octanol–water partition coefficient (Wildman–Crippen LogP) is 1.23. The van der Waals surface area contributed by atoms with Gasteiger partial charge in [0.25, 0.3) is 0 Å². The van der Waals surface area contributed by atoms with E-state index < -0.39 is 11.5 Å². The van der Waals surface area contributed by atoms with Crippen LogP contribution in [0, 0.1) is 5.92 Å². The number of carbonyl (C=O) groups is 1. The van der Waals surface area contributed by atoms with Crippen molar-refractivity contribution in [3.63, 3.8) is 0 Å². The topological polar surface area (TPSA) is 80.9 Å². The van der Waals surface area contributed by atoms with Crippen LogP contribution in [0.4, 0.5) is 0 Å². The third-order valence-corrected chi connectivity index (χ3v) is 3.53. The smallest absolute Gasteiger partial charge is 0.331 e. The van der Waals surface area contributed by atoms with Crippen molar-refractivity contribution in [3.05, 3.63) is 5.82 Å². The first-order valence-corrected chi connectivity index (χ1v) is 6.03. The number of aliphatic carboxylic acids is 1. The summed E-state index contributed by atoms with van der Waals surface area (Å²) in [5, 5.41) is 20.6. The highest BCUT2D eigenvalue weighted by atomic mass is 16.4. The van der Waals surface area contributed by atoms with E-state index in [0.29, 0.717) is 11.7 Å². The van der Waals surface area contributed by atoms with Crippen LogP contribution in [0.2, 0.25) is 0 Å². The van der Waals surface area contributed by atoms with Crippen molar-refractivity contribution >= 4 is 5.97 Å². The Kier molecular flexibility index (Phi) is 3.13. The molecule has 6 heteroatoms. The zero-order valence-corrected chi connectivity index (χ0v) is 10.3. The highest BCUT2D eigenvalue weighted by molar-refractivity contribution is 5.75. The monoisotopic (exact) mass is 238 g/mol. The average Bonchev–Trinajstić information content (AvgIpc) is 2.89. The van der Waals surface area contributed by atoms with E-state index >= 15 is 0 Å². The van der Waals surface area contributed by atoms with Crippen molar-refractivity contribution in [1.29, 1.82) is 0 Å². The molecule has 2 rings (SSSR count). The Hall–Kier alpha value is -1.46. The minimum absolute atomic E-state index is 0.601. The number of rotatable bonds is 4. The second-order valence-electron chi connectivity index (χ2n) is 5.23. The van der Waals surface area contributed by atoms with E-state index in [1.165, 1.54) is 30.4 Å². The van der Waals surface area contributed by atoms with Crippen molar-refractivity contribution in [3.8, 4) is 0 Å². The highest BCUT2D eigenvalue weighted by Crippen LogP contribution is 2.28. The molecule has 1 heterocycles. The fraction of sp³-hybridized carbons (Fsp3) is 0.818. The minimum atomic E-state index is -1.09. The van der Waals surface area contributed by atoms with Gasteiger partial charge in [0.05, 0.1) is 0 Å². The van der Waals surface area contributed by atoms with Crippen LogP contribution in [-0.2, 0) is 16.8 Å². The standard InChI is InChI=1S/C11H18N4O2/c1-11(2,10(16)17)15-9(12-13-14-15)7-8-5-3-4-6-8/h8H,3-7H2,1-2H3,(H,16,17). The van der Waals surface area contributed by atoms with Gasteiger partial charge in [-0.15, -0.1) is 5.10 Å². The second-order valence-corrected chi connectivity index (χ2v) is 5.23. The van der Waals surface area contributed by atoms with E-state index in [1.807, 2.05) is 0 Å². The van der Waals surface area contributed by atoms with Gasteiger partial charge >= 0.3 is 5.97 Å². The summed E-state index contributed by atoms with van der Waals surface area (Å²) in [7, 11) is 0. The van der Waals surface area contributed by atoms with Crippen LogP contribution in [0.15, 0.2) is 0 Å². The van der Waals surface area contributed by atoms with E-state index in [9.17, 15) is 9.90 Å². The summed E-state index contributed by atoms with van der Waals surface area (Å²) < 4.78 is 1.44. The lowest BCUT2D eigenvalue weighted by atomic mass is 10.0. The average molecular weight is 238 g/mol. The Morgan fingerprint density at radius 3 is 2.71 bits per heavy atom. The SMILES string of the molecule is CC(C)(C(=O)O)n1nnnc1CC1CCCC1. The maximum absolute atomic E-state index is 11.2.